The second-order valence-electron chi connectivity index (χ2n) is 6.76. The molecule has 0 saturated carbocycles. The fourth-order valence-electron chi connectivity index (χ4n) is 2.79. The Morgan fingerprint density at radius 2 is 1.96 bits per heavy atom. The van der Waals surface area contributed by atoms with Gasteiger partial charge in [-0.05, 0) is 36.5 Å². The number of carboxylic acid groups (broad SMARTS) is 1. The fraction of sp³-hybridized carbons (Fsp3) is 0.421. The van der Waals surface area contributed by atoms with E-state index >= 15 is 0 Å². The van der Waals surface area contributed by atoms with E-state index in [9.17, 15) is 9.59 Å². The first-order valence-corrected chi connectivity index (χ1v) is 8.42. The van der Waals surface area contributed by atoms with Gasteiger partial charge < -0.3 is 15.0 Å². The molecule has 25 heavy (non-hydrogen) atoms. The molecule has 2 aromatic rings. The molecule has 2 atom stereocenters. The number of carboxylic acids is 1. The molecule has 1 amide bonds. The second-order valence-corrected chi connectivity index (χ2v) is 6.76. The van der Waals surface area contributed by atoms with Gasteiger partial charge in [0.15, 0.2) is 0 Å². The fourth-order valence-corrected chi connectivity index (χ4v) is 2.79. The highest BCUT2D eigenvalue weighted by Crippen LogP contribution is 2.30. The lowest BCUT2D eigenvalue weighted by atomic mass is 9.80. The lowest BCUT2D eigenvalue weighted by Gasteiger charge is -2.26. The van der Waals surface area contributed by atoms with Gasteiger partial charge in [0, 0.05) is 24.5 Å². The number of rotatable bonds is 8. The summed E-state index contributed by atoms with van der Waals surface area (Å²) in [4.78, 5) is 27.3. The van der Waals surface area contributed by atoms with Crippen LogP contribution in [0, 0.1) is 5.41 Å². The third-order valence-corrected chi connectivity index (χ3v) is 4.59. The van der Waals surface area contributed by atoms with Crippen LogP contribution in [0.15, 0.2) is 43.0 Å². The molecule has 2 rings (SSSR count). The van der Waals surface area contributed by atoms with E-state index in [1.807, 2.05) is 55.8 Å². The normalized spacial score (nSPS) is 14.5. The Balaban J connectivity index is 1.97. The summed E-state index contributed by atoms with van der Waals surface area (Å²) in [7, 11) is 0. The summed E-state index contributed by atoms with van der Waals surface area (Å²) in [5.74, 6) is -1.00. The van der Waals surface area contributed by atoms with Gasteiger partial charge in [0.25, 0.3) is 0 Å². The smallest absolute Gasteiger partial charge is 0.303 e. The summed E-state index contributed by atoms with van der Waals surface area (Å²) < 4.78 is 1.91. The van der Waals surface area contributed by atoms with E-state index in [2.05, 4.69) is 10.3 Å². The average molecular weight is 343 g/mol. The first-order valence-electron chi connectivity index (χ1n) is 8.42. The Morgan fingerprint density at radius 1 is 1.28 bits per heavy atom. The number of hydrogen-bond acceptors (Lipinski definition) is 3. The molecule has 0 aliphatic carbocycles. The van der Waals surface area contributed by atoms with Crippen LogP contribution in [-0.4, -0.2) is 26.5 Å². The predicted octanol–water partition coefficient (Wildman–Crippen LogP) is 3.33. The number of carbonyl (C=O) groups excluding carboxylic acids is 1. The minimum absolute atomic E-state index is 0.00902. The molecule has 1 aromatic carbocycles. The topological polar surface area (TPSA) is 84.2 Å². The molecule has 0 saturated heterocycles. The van der Waals surface area contributed by atoms with Gasteiger partial charge in [0.2, 0.25) is 5.91 Å². The van der Waals surface area contributed by atoms with E-state index in [-0.39, 0.29) is 24.8 Å². The summed E-state index contributed by atoms with van der Waals surface area (Å²) in [6.45, 7) is 5.67. The summed E-state index contributed by atoms with van der Waals surface area (Å²) in [6.07, 6.45) is 6.15. The van der Waals surface area contributed by atoms with Crippen molar-refractivity contribution in [3.05, 3.63) is 48.5 Å². The predicted molar refractivity (Wildman–Crippen MR) is 95.4 cm³/mol. The van der Waals surface area contributed by atoms with Gasteiger partial charge in [-0.15, -0.1) is 0 Å². The highest BCUT2D eigenvalue weighted by molar-refractivity contribution is 5.78. The van der Waals surface area contributed by atoms with E-state index in [1.165, 1.54) is 0 Å². The summed E-state index contributed by atoms with van der Waals surface area (Å²) in [5, 5.41) is 12.0. The van der Waals surface area contributed by atoms with Gasteiger partial charge >= 0.3 is 5.97 Å². The van der Waals surface area contributed by atoms with Crippen LogP contribution in [0.4, 0.5) is 0 Å². The van der Waals surface area contributed by atoms with Crippen LogP contribution < -0.4 is 5.32 Å². The van der Waals surface area contributed by atoms with E-state index in [0.29, 0.717) is 6.42 Å². The van der Waals surface area contributed by atoms with Crippen molar-refractivity contribution >= 4 is 11.9 Å². The van der Waals surface area contributed by atoms with Crippen molar-refractivity contribution in [3.63, 3.8) is 0 Å². The minimum atomic E-state index is -0.875. The highest BCUT2D eigenvalue weighted by Gasteiger charge is 2.29. The molecular weight excluding hydrogens is 318 g/mol. The molecule has 0 aliphatic heterocycles. The maximum atomic E-state index is 12.3. The molecule has 0 fully saturated rings. The Labute approximate surface area is 147 Å². The Kier molecular flexibility index (Phi) is 5.96. The highest BCUT2D eigenvalue weighted by atomic mass is 16.4. The molecule has 1 aromatic heterocycles. The van der Waals surface area contributed by atoms with Gasteiger partial charge in [-0.3, -0.25) is 9.59 Å². The van der Waals surface area contributed by atoms with Gasteiger partial charge in [0.05, 0.1) is 18.8 Å². The molecular formula is C19H25N3O3. The largest absolute Gasteiger partial charge is 0.481 e. The number of benzene rings is 1. The van der Waals surface area contributed by atoms with E-state index in [1.54, 1.807) is 12.5 Å². The molecule has 6 heteroatoms. The SMILES string of the molecule is CCC(C)(CC(=O)O)CC(=O)NC(C)c1ccc(-n2ccnc2)cc1. The van der Waals surface area contributed by atoms with Crippen LogP contribution in [0.5, 0.6) is 0 Å². The number of carbonyl (C=O) groups is 2. The molecule has 0 radical (unpaired) electrons. The third kappa shape index (κ3) is 5.17. The zero-order valence-electron chi connectivity index (χ0n) is 14.9. The summed E-state index contributed by atoms with van der Waals surface area (Å²) >= 11 is 0. The maximum absolute atomic E-state index is 12.3. The molecule has 0 aliphatic rings. The van der Waals surface area contributed by atoms with Crippen molar-refractivity contribution in [2.75, 3.05) is 0 Å². The Morgan fingerprint density at radius 3 is 2.48 bits per heavy atom. The van der Waals surface area contributed by atoms with Crippen LogP contribution in [0.25, 0.3) is 5.69 Å². The van der Waals surface area contributed by atoms with E-state index < -0.39 is 11.4 Å². The number of hydrogen-bond donors (Lipinski definition) is 2. The number of nitrogens with one attached hydrogen (secondary N) is 1. The standard InChI is InChI=1S/C19H25N3O3/c1-4-19(3,12-18(24)25)11-17(23)21-14(2)15-5-7-16(8-6-15)22-10-9-20-13-22/h5-10,13-14H,4,11-12H2,1-3H3,(H,21,23)(H,24,25). The first-order chi connectivity index (χ1) is 11.8. The zero-order valence-corrected chi connectivity index (χ0v) is 14.9. The van der Waals surface area contributed by atoms with E-state index in [4.69, 9.17) is 5.11 Å². The van der Waals surface area contributed by atoms with Crippen LogP contribution in [0.1, 0.15) is 51.6 Å². The molecule has 2 N–H and O–H groups in total. The summed E-state index contributed by atoms with van der Waals surface area (Å²) in [6, 6.07) is 7.74. The molecule has 134 valence electrons. The maximum Gasteiger partial charge on any atom is 0.303 e. The van der Waals surface area contributed by atoms with Crippen molar-refractivity contribution in [1.29, 1.82) is 0 Å². The minimum Gasteiger partial charge on any atom is -0.481 e. The lowest BCUT2D eigenvalue weighted by molar-refractivity contribution is -0.140. The molecule has 2 unspecified atom stereocenters. The number of aromatic nitrogens is 2. The van der Waals surface area contributed by atoms with Gasteiger partial charge in [-0.2, -0.15) is 0 Å². The quantitative estimate of drug-likeness (QED) is 0.770. The van der Waals surface area contributed by atoms with Crippen molar-refractivity contribution in [1.82, 2.24) is 14.9 Å². The molecule has 0 bridgehead atoms. The second kappa shape index (κ2) is 7.96. The van der Waals surface area contributed by atoms with Gasteiger partial charge in [-0.25, -0.2) is 4.98 Å². The zero-order chi connectivity index (χ0) is 18.4. The Hall–Kier alpha value is -2.63. The summed E-state index contributed by atoms with van der Waals surface area (Å²) in [5.41, 5.74) is 1.47. The third-order valence-electron chi connectivity index (χ3n) is 4.59. The van der Waals surface area contributed by atoms with Crippen LogP contribution in [0.3, 0.4) is 0 Å². The van der Waals surface area contributed by atoms with E-state index in [0.717, 1.165) is 11.3 Å². The Bertz CT molecular complexity index is 710. The van der Waals surface area contributed by atoms with Crippen molar-refractivity contribution < 1.29 is 14.7 Å². The number of amides is 1. The van der Waals surface area contributed by atoms with Crippen molar-refractivity contribution in [2.24, 2.45) is 5.41 Å². The van der Waals surface area contributed by atoms with Crippen LogP contribution >= 0.6 is 0 Å². The van der Waals surface area contributed by atoms with Crippen molar-refractivity contribution in [2.45, 2.75) is 46.1 Å². The number of imidazole rings is 1. The van der Waals surface area contributed by atoms with Gasteiger partial charge in [-0.1, -0.05) is 26.0 Å². The van der Waals surface area contributed by atoms with Gasteiger partial charge in [0.1, 0.15) is 0 Å². The van der Waals surface area contributed by atoms with Crippen LogP contribution in [-0.2, 0) is 9.59 Å². The first kappa shape index (κ1) is 18.7. The molecule has 0 spiro atoms. The monoisotopic (exact) mass is 343 g/mol. The van der Waals surface area contributed by atoms with Crippen LogP contribution in [0.2, 0.25) is 0 Å². The van der Waals surface area contributed by atoms with Crippen molar-refractivity contribution in [3.8, 4) is 5.69 Å². The number of aliphatic carboxylic acids is 1. The molecule has 1 heterocycles. The number of nitrogens with zero attached hydrogens (tertiary/aromatic N) is 2. The molecule has 6 nitrogen and oxygen atoms in total. The lowest BCUT2D eigenvalue weighted by Crippen LogP contribution is -2.33. The average Bonchev–Trinajstić information content (AvgIpc) is 3.08.